The van der Waals surface area contributed by atoms with Crippen LogP contribution in [0, 0.1) is 17.7 Å². The highest BCUT2D eigenvalue weighted by atomic mass is 32.1. The summed E-state index contributed by atoms with van der Waals surface area (Å²) in [5.74, 6) is 1.01. The van der Waals surface area contributed by atoms with Gasteiger partial charge in [0.05, 0.1) is 0 Å². The van der Waals surface area contributed by atoms with E-state index in [4.69, 9.17) is 24.4 Å². The van der Waals surface area contributed by atoms with Crippen molar-refractivity contribution in [3.8, 4) is 0 Å². The molecule has 0 amide bonds. The lowest BCUT2D eigenvalue weighted by Gasteiger charge is -2.35. The van der Waals surface area contributed by atoms with Crippen molar-refractivity contribution >= 4 is 40.3 Å². The summed E-state index contributed by atoms with van der Waals surface area (Å²) < 4.78 is 12.8. The molecule has 4 nitrogen and oxygen atoms in total. The predicted octanol–water partition coefficient (Wildman–Crippen LogP) is 3.32. The lowest BCUT2D eigenvalue weighted by atomic mass is 9.78. The highest BCUT2D eigenvalue weighted by molar-refractivity contribution is 7.80. The van der Waals surface area contributed by atoms with Crippen LogP contribution in [0.2, 0.25) is 0 Å². The van der Waals surface area contributed by atoms with Crippen molar-refractivity contribution in [3.05, 3.63) is 30.1 Å². The standard InChI is InChI=1S/C16H23FN4S2/c1-10-4-3-5-14(11(10)2)19-16(23)21-20-15(22)18-13-8-6-12(17)7-9-13/h6-11,14H,3-5H2,1-2H3,(H2,18,20,22)(H2,19,21,23)/t10-,11+,14+/m0/s1. The Labute approximate surface area is 147 Å². The molecule has 1 fully saturated rings. The van der Waals surface area contributed by atoms with Crippen LogP contribution < -0.4 is 21.5 Å². The number of benzene rings is 1. The van der Waals surface area contributed by atoms with E-state index < -0.39 is 0 Å². The van der Waals surface area contributed by atoms with Crippen LogP contribution in [0.15, 0.2) is 24.3 Å². The number of nitrogens with one attached hydrogen (secondary N) is 4. The van der Waals surface area contributed by atoms with Gasteiger partial charge in [0.25, 0.3) is 0 Å². The van der Waals surface area contributed by atoms with Crippen molar-refractivity contribution in [2.24, 2.45) is 11.8 Å². The van der Waals surface area contributed by atoms with Crippen LogP contribution in [0.3, 0.4) is 0 Å². The third-order valence-corrected chi connectivity index (χ3v) is 4.84. The topological polar surface area (TPSA) is 48.1 Å². The van der Waals surface area contributed by atoms with Gasteiger partial charge < -0.3 is 10.6 Å². The fraction of sp³-hybridized carbons (Fsp3) is 0.500. The minimum atomic E-state index is -0.284. The molecule has 0 radical (unpaired) electrons. The minimum Gasteiger partial charge on any atom is -0.358 e. The average molecular weight is 355 g/mol. The van der Waals surface area contributed by atoms with Gasteiger partial charge >= 0.3 is 0 Å². The first kappa shape index (κ1) is 17.9. The monoisotopic (exact) mass is 354 g/mol. The van der Waals surface area contributed by atoms with E-state index in [0.29, 0.717) is 33.8 Å². The molecule has 0 saturated heterocycles. The van der Waals surface area contributed by atoms with E-state index in [9.17, 15) is 4.39 Å². The fourth-order valence-corrected chi connectivity index (χ4v) is 3.17. The van der Waals surface area contributed by atoms with Crippen LogP contribution >= 0.6 is 24.4 Å². The minimum absolute atomic E-state index is 0.284. The number of hydrogen-bond donors (Lipinski definition) is 4. The Kier molecular flexibility index (Phi) is 6.53. The van der Waals surface area contributed by atoms with Gasteiger partial charge in [-0.05, 0) is 67.0 Å². The van der Waals surface area contributed by atoms with Crippen molar-refractivity contribution in [1.29, 1.82) is 0 Å². The number of rotatable bonds is 2. The van der Waals surface area contributed by atoms with Crippen LogP contribution in [0.5, 0.6) is 0 Å². The molecule has 0 aromatic heterocycles. The zero-order valence-electron chi connectivity index (χ0n) is 13.4. The molecule has 1 aliphatic rings. The van der Waals surface area contributed by atoms with E-state index in [1.807, 2.05) is 0 Å². The maximum absolute atomic E-state index is 12.8. The summed E-state index contributed by atoms with van der Waals surface area (Å²) in [7, 11) is 0. The van der Waals surface area contributed by atoms with Gasteiger partial charge in [0.1, 0.15) is 5.82 Å². The third-order valence-electron chi connectivity index (χ3n) is 4.41. The van der Waals surface area contributed by atoms with E-state index in [-0.39, 0.29) is 5.82 Å². The molecular weight excluding hydrogens is 331 g/mol. The molecule has 3 atom stereocenters. The van der Waals surface area contributed by atoms with Gasteiger partial charge in [0.15, 0.2) is 10.2 Å². The number of hydrazine groups is 1. The summed E-state index contributed by atoms with van der Waals surface area (Å²) in [6, 6.07) is 6.36. The molecule has 126 valence electrons. The molecule has 7 heteroatoms. The molecule has 0 aliphatic heterocycles. The molecule has 0 unspecified atom stereocenters. The normalized spacial score (nSPS) is 23.7. The Balaban J connectivity index is 1.73. The number of anilines is 1. The summed E-state index contributed by atoms with van der Waals surface area (Å²) in [4.78, 5) is 0. The Morgan fingerprint density at radius 2 is 1.70 bits per heavy atom. The lowest BCUT2D eigenvalue weighted by Crippen LogP contribution is -2.53. The lowest BCUT2D eigenvalue weighted by molar-refractivity contribution is 0.224. The molecule has 0 bridgehead atoms. The predicted molar refractivity (Wildman–Crippen MR) is 101 cm³/mol. The molecule has 1 aromatic carbocycles. The van der Waals surface area contributed by atoms with E-state index in [1.54, 1.807) is 12.1 Å². The van der Waals surface area contributed by atoms with Crippen LogP contribution in [0.1, 0.15) is 33.1 Å². The summed E-state index contributed by atoms with van der Waals surface area (Å²) in [5, 5.41) is 7.19. The second-order valence-corrected chi connectivity index (χ2v) is 6.87. The first-order chi connectivity index (χ1) is 11.0. The van der Waals surface area contributed by atoms with E-state index in [2.05, 4.69) is 35.3 Å². The molecule has 1 aliphatic carbocycles. The highest BCUT2D eigenvalue weighted by Gasteiger charge is 2.27. The van der Waals surface area contributed by atoms with Crippen molar-refractivity contribution in [1.82, 2.24) is 16.2 Å². The smallest absolute Gasteiger partial charge is 0.189 e. The summed E-state index contributed by atoms with van der Waals surface area (Å²) in [6.45, 7) is 4.55. The Hall–Kier alpha value is -1.47. The Morgan fingerprint density at radius 3 is 2.39 bits per heavy atom. The van der Waals surface area contributed by atoms with Crippen molar-refractivity contribution in [2.75, 3.05) is 5.32 Å². The number of halogens is 1. The highest BCUT2D eigenvalue weighted by Crippen LogP contribution is 2.29. The second kappa shape index (κ2) is 8.40. The van der Waals surface area contributed by atoms with E-state index >= 15 is 0 Å². The Morgan fingerprint density at radius 1 is 1.04 bits per heavy atom. The number of hydrogen-bond acceptors (Lipinski definition) is 2. The maximum Gasteiger partial charge on any atom is 0.189 e. The van der Waals surface area contributed by atoms with Gasteiger partial charge in [-0.15, -0.1) is 0 Å². The van der Waals surface area contributed by atoms with Crippen molar-refractivity contribution in [3.63, 3.8) is 0 Å². The molecule has 4 N–H and O–H groups in total. The molecular formula is C16H23FN4S2. The zero-order valence-corrected chi connectivity index (χ0v) is 15.0. The zero-order chi connectivity index (χ0) is 16.8. The molecule has 2 rings (SSSR count). The quantitative estimate of drug-likeness (QED) is 0.483. The van der Waals surface area contributed by atoms with Gasteiger partial charge in [-0.3, -0.25) is 10.9 Å². The van der Waals surface area contributed by atoms with Gasteiger partial charge in [-0.1, -0.05) is 26.7 Å². The Bertz CT molecular complexity index is 550. The second-order valence-electron chi connectivity index (χ2n) is 6.06. The van der Waals surface area contributed by atoms with Crippen LogP contribution in [-0.2, 0) is 0 Å². The molecule has 1 aromatic rings. The van der Waals surface area contributed by atoms with Crippen LogP contribution in [-0.4, -0.2) is 16.3 Å². The van der Waals surface area contributed by atoms with Gasteiger partial charge in [0, 0.05) is 11.7 Å². The SMILES string of the molecule is C[C@@H]1[C@@H](C)CCC[C@H]1NC(=S)NNC(=S)Nc1ccc(F)cc1. The maximum atomic E-state index is 12.8. The largest absolute Gasteiger partial charge is 0.358 e. The fourth-order valence-electron chi connectivity index (χ4n) is 2.80. The first-order valence-corrected chi connectivity index (χ1v) is 8.66. The molecule has 23 heavy (non-hydrogen) atoms. The third kappa shape index (κ3) is 5.58. The van der Waals surface area contributed by atoms with E-state index in [0.717, 1.165) is 6.42 Å². The van der Waals surface area contributed by atoms with Gasteiger partial charge in [-0.25, -0.2) is 4.39 Å². The average Bonchev–Trinajstić information content (AvgIpc) is 2.52. The number of thiocarbonyl (C=S) groups is 2. The molecule has 0 spiro atoms. The van der Waals surface area contributed by atoms with E-state index in [1.165, 1.54) is 25.0 Å². The summed E-state index contributed by atoms with van der Waals surface area (Å²) in [5.41, 5.74) is 6.43. The summed E-state index contributed by atoms with van der Waals surface area (Å²) in [6.07, 6.45) is 3.64. The summed E-state index contributed by atoms with van der Waals surface area (Å²) >= 11 is 10.5. The van der Waals surface area contributed by atoms with Crippen LogP contribution in [0.4, 0.5) is 10.1 Å². The molecule has 1 saturated carbocycles. The van der Waals surface area contributed by atoms with Crippen molar-refractivity contribution < 1.29 is 4.39 Å². The van der Waals surface area contributed by atoms with Gasteiger partial charge in [0.2, 0.25) is 0 Å². The van der Waals surface area contributed by atoms with Crippen LogP contribution in [0.25, 0.3) is 0 Å². The van der Waals surface area contributed by atoms with Crippen molar-refractivity contribution in [2.45, 2.75) is 39.2 Å². The molecule has 0 heterocycles. The first-order valence-electron chi connectivity index (χ1n) is 7.85. The van der Waals surface area contributed by atoms with Gasteiger partial charge in [-0.2, -0.15) is 0 Å².